The highest BCUT2D eigenvalue weighted by Gasteiger charge is 2.08. The van der Waals surface area contributed by atoms with Gasteiger partial charge in [0, 0.05) is 6.07 Å². The maximum Gasteiger partial charge on any atom is 0.152 e. The fraction of sp³-hybridized carbons (Fsp3) is 0.188. The average molecular weight is 284 g/mol. The van der Waals surface area contributed by atoms with E-state index in [0.29, 0.717) is 11.4 Å². The quantitative estimate of drug-likeness (QED) is 0.718. The molecule has 0 unspecified atom stereocenters. The van der Waals surface area contributed by atoms with Crippen molar-refractivity contribution in [3.63, 3.8) is 0 Å². The number of benzene rings is 2. The number of hydrogen-bond donors (Lipinski definition) is 1. The Labute approximate surface area is 122 Å². The van der Waals surface area contributed by atoms with Gasteiger partial charge in [0.1, 0.15) is 5.75 Å². The highest BCUT2D eigenvalue weighted by atomic mass is 32.1. The summed E-state index contributed by atoms with van der Waals surface area (Å²) in [6.45, 7) is 4.11. The molecule has 2 N–H and O–H groups in total. The van der Waals surface area contributed by atoms with E-state index in [1.54, 1.807) is 11.3 Å². The molecule has 20 heavy (non-hydrogen) atoms. The second kappa shape index (κ2) is 5.13. The number of ether oxygens (including phenoxy) is 1. The molecule has 0 saturated heterocycles. The van der Waals surface area contributed by atoms with Crippen molar-refractivity contribution in [2.75, 3.05) is 5.73 Å². The lowest BCUT2D eigenvalue weighted by Gasteiger charge is -2.09. The van der Waals surface area contributed by atoms with Crippen LogP contribution in [0.3, 0.4) is 0 Å². The molecule has 0 spiro atoms. The van der Waals surface area contributed by atoms with Crippen molar-refractivity contribution in [1.82, 2.24) is 4.98 Å². The van der Waals surface area contributed by atoms with Crippen LogP contribution >= 0.6 is 11.3 Å². The zero-order valence-corrected chi connectivity index (χ0v) is 12.3. The maximum atomic E-state index is 6.07. The number of anilines is 1. The number of nitrogens with two attached hydrogens (primary N) is 1. The number of nitrogen functional groups attached to an aromatic ring is 1. The Morgan fingerprint density at radius 2 is 2.10 bits per heavy atom. The topological polar surface area (TPSA) is 48.1 Å². The van der Waals surface area contributed by atoms with Crippen LogP contribution in [-0.4, -0.2) is 4.98 Å². The summed E-state index contributed by atoms with van der Waals surface area (Å²) >= 11 is 1.64. The Morgan fingerprint density at radius 3 is 2.90 bits per heavy atom. The molecule has 3 nitrogen and oxygen atoms in total. The molecule has 0 aliphatic carbocycles. The summed E-state index contributed by atoms with van der Waals surface area (Å²) in [5, 5.41) is 1.03. The van der Waals surface area contributed by atoms with Crippen molar-refractivity contribution in [3.8, 4) is 11.5 Å². The molecule has 0 saturated carbocycles. The first-order valence-corrected chi connectivity index (χ1v) is 7.41. The summed E-state index contributed by atoms with van der Waals surface area (Å²) in [4.78, 5) is 4.47. The smallest absolute Gasteiger partial charge is 0.152 e. The Kier molecular flexibility index (Phi) is 3.32. The molecule has 0 radical (unpaired) electrons. The van der Waals surface area contributed by atoms with Crippen molar-refractivity contribution in [3.05, 3.63) is 47.0 Å². The molecule has 4 heteroatoms. The molecule has 0 aliphatic rings. The summed E-state index contributed by atoms with van der Waals surface area (Å²) in [7, 11) is 0. The second-order valence-electron chi connectivity index (χ2n) is 4.69. The highest BCUT2D eigenvalue weighted by molar-refractivity contribution is 7.18. The minimum absolute atomic E-state index is 0.642. The summed E-state index contributed by atoms with van der Waals surface area (Å²) in [6.07, 6.45) is 0.983. The largest absolute Gasteiger partial charge is 0.455 e. The summed E-state index contributed by atoms with van der Waals surface area (Å²) in [5.74, 6) is 1.47. The summed E-state index contributed by atoms with van der Waals surface area (Å²) in [6, 6.07) is 11.9. The van der Waals surface area contributed by atoms with Gasteiger partial charge in [0.15, 0.2) is 5.75 Å². The standard InChI is InChI=1S/C16H16N2OS/c1-3-11-5-4-6-12(7-11)19-15-9-14-16(8-13(15)17)20-10(2)18-14/h4-9H,3,17H2,1-2H3. The van der Waals surface area contributed by atoms with E-state index < -0.39 is 0 Å². The Bertz CT molecular complexity index is 764. The zero-order chi connectivity index (χ0) is 14.1. The molecule has 1 aromatic heterocycles. The fourth-order valence-electron chi connectivity index (χ4n) is 2.13. The predicted molar refractivity (Wildman–Crippen MR) is 84.7 cm³/mol. The minimum Gasteiger partial charge on any atom is -0.455 e. The van der Waals surface area contributed by atoms with Gasteiger partial charge in [-0.15, -0.1) is 11.3 Å². The van der Waals surface area contributed by atoms with Crippen LogP contribution < -0.4 is 10.5 Å². The van der Waals surface area contributed by atoms with E-state index in [9.17, 15) is 0 Å². The van der Waals surface area contributed by atoms with E-state index >= 15 is 0 Å². The van der Waals surface area contributed by atoms with Crippen LogP contribution in [0.15, 0.2) is 36.4 Å². The lowest BCUT2D eigenvalue weighted by Crippen LogP contribution is -1.92. The molecular weight excluding hydrogens is 268 g/mol. The van der Waals surface area contributed by atoms with Gasteiger partial charge in [-0.3, -0.25) is 0 Å². The Morgan fingerprint density at radius 1 is 1.25 bits per heavy atom. The number of nitrogens with zero attached hydrogens (tertiary/aromatic N) is 1. The second-order valence-corrected chi connectivity index (χ2v) is 5.93. The molecule has 0 bridgehead atoms. The molecule has 2 aromatic carbocycles. The lowest BCUT2D eigenvalue weighted by atomic mass is 10.2. The normalized spacial score (nSPS) is 10.9. The van der Waals surface area contributed by atoms with Crippen LogP contribution in [0.5, 0.6) is 11.5 Å². The third kappa shape index (κ3) is 2.47. The fourth-order valence-corrected chi connectivity index (χ4v) is 2.99. The molecule has 0 amide bonds. The molecule has 102 valence electrons. The van der Waals surface area contributed by atoms with E-state index in [1.165, 1.54) is 5.56 Å². The van der Waals surface area contributed by atoms with Gasteiger partial charge in [-0.25, -0.2) is 4.98 Å². The van der Waals surface area contributed by atoms with Crippen LogP contribution in [0.4, 0.5) is 5.69 Å². The van der Waals surface area contributed by atoms with Gasteiger partial charge in [0.05, 0.1) is 20.9 Å². The number of thiazole rings is 1. The molecule has 1 heterocycles. The first kappa shape index (κ1) is 12.9. The van der Waals surface area contributed by atoms with Crippen molar-refractivity contribution in [2.24, 2.45) is 0 Å². The first-order chi connectivity index (χ1) is 9.65. The number of aromatic nitrogens is 1. The molecule has 0 aliphatic heterocycles. The minimum atomic E-state index is 0.642. The van der Waals surface area contributed by atoms with Gasteiger partial charge in [0.25, 0.3) is 0 Å². The van der Waals surface area contributed by atoms with E-state index in [4.69, 9.17) is 10.5 Å². The summed E-state index contributed by atoms with van der Waals surface area (Å²) < 4.78 is 7.00. The molecule has 0 fully saturated rings. The molecule has 0 atom stereocenters. The van der Waals surface area contributed by atoms with E-state index in [1.807, 2.05) is 37.3 Å². The number of aryl methyl sites for hydroxylation is 2. The third-order valence-electron chi connectivity index (χ3n) is 3.16. The number of fused-ring (bicyclic) bond motifs is 1. The van der Waals surface area contributed by atoms with Gasteiger partial charge in [-0.05, 0) is 37.1 Å². The SMILES string of the molecule is CCc1cccc(Oc2cc3nc(C)sc3cc2N)c1. The van der Waals surface area contributed by atoms with Gasteiger partial charge in [0.2, 0.25) is 0 Å². The van der Waals surface area contributed by atoms with Crippen molar-refractivity contribution in [1.29, 1.82) is 0 Å². The van der Waals surface area contributed by atoms with Crippen molar-refractivity contribution >= 4 is 27.2 Å². The molecular formula is C16H16N2OS. The van der Waals surface area contributed by atoms with Gasteiger partial charge < -0.3 is 10.5 Å². The van der Waals surface area contributed by atoms with Crippen molar-refractivity contribution < 1.29 is 4.74 Å². The van der Waals surface area contributed by atoms with E-state index in [-0.39, 0.29) is 0 Å². The van der Waals surface area contributed by atoms with Gasteiger partial charge >= 0.3 is 0 Å². The first-order valence-electron chi connectivity index (χ1n) is 6.59. The zero-order valence-electron chi connectivity index (χ0n) is 11.5. The Hall–Kier alpha value is -2.07. The van der Waals surface area contributed by atoms with Crippen LogP contribution in [0.1, 0.15) is 17.5 Å². The summed E-state index contributed by atoms with van der Waals surface area (Å²) in [5.41, 5.74) is 8.89. The number of hydrogen-bond acceptors (Lipinski definition) is 4. The van der Waals surface area contributed by atoms with Gasteiger partial charge in [-0.2, -0.15) is 0 Å². The number of rotatable bonds is 3. The Balaban J connectivity index is 1.98. The monoisotopic (exact) mass is 284 g/mol. The van der Waals surface area contributed by atoms with Gasteiger partial charge in [-0.1, -0.05) is 19.1 Å². The highest BCUT2D eigenvalue weighted by Crippen LogP contribution is 2.34. The van der Waals surface area contributed by atoms with E-state index in [0.717, 1.165) is 27.4 Å². The van der Waals surface area contributed by atoms with Crippen LogP contribution in [0.25, 0.3) is 10.2 Å². The van der Waals surface area contributed by atoms with E-state index in [2.05, 4.69) is 18.0 Å². The van der Waals surface area contributed by atoms with Crippen LogP contribution in [0.2, 0.25) is 0 Å². The average Bonchev–Trinajstić information content (AvgIpc) is 2.78. The van der Waals surface area contributed by atoms with Crippen molar-refractivity contribution in [2.45, 2.75) is 20.3 Å². The maximum absolute atomic E-state index is 6.07. The third-order valence-corrected chi connectivity index (χ3v) is 4.10. The van der Waals surface area contributed by atoms with Crippen LogP contribution in [-0.2, 0) is 6.42 Å². The predicted octanol–water partition coefficient (Wildman–Crippen LogP) is 4.54. The molecule has 3 rings (SSSR count). The lowest BCUT2D eigenvalue weighted by molar-refractivity contribution is 0.485. The van der Waals surface area contributed by atoms with Crippen LogP contribution in [0, 0.1) is 6.92 Å². The molecule has 3 aromatic rings.